The zero-order valence-electron chi connectivity index (χ0n) is 11.9. The van der Waals surface area contributed by atoms with Crippen LogP contribution in [0.15, 0.2) is 46.0 Å². The van der Waals surface area contributed by atoms with Gasteiger partial charge in [0.2, 0.25) is 0 Å². The molecule has 0 bridgehead atoms. The molecule has 1 aliphatic rings. The standard InChI is InChI=1S/C15H18N2O2S2/c1-13-4-6-14(7-5-13)16-8-10-17(11-9-16)21(18,19)15-3-2-12-20-15/h2-7,12H,8-11H2,1H3. The number of thiophene rings is 1. The molecule has 0 amide bonds. The molecule has 112 valence electrons. The zero-order chi connectivity index (χ0) is 14.9. The van der Waals surface area contributed by atoms with Crippen LogP contribution in [0.4, 0.5) is 5.69 Å². The lowest BCUT2D eigenvalue weighted by atomic mass is 10.2. The summed E-state index contributed by atoms with van der Waals surface area (Å²) in [5.74, 6) is 0. The van der Waals surface area contributed by atoms with E-state index in [1.807, 2.05) is 0 Å². The van der Waals surface area contributed by atoms with Crippen LogP contribution in [-0.2, 0) is 10.0 Å². The average molecular weight is 322 g/mol. The quantitative estimate of drug-likeness (QED) is 0.872. The second kappa shape index (κ2) is 5.79. The van der Waals surface area contributed by atoms with Crippen molar-refractivity contribution in [1.82, 2.24) is 4.31 Å². The minimum absolute atomic E-state index is 0.436. The highest BCUT2D eigenvalue weighted by Crippen LogP contribution is 2.24. The Morgan fingerprint density at radius 3 is 2.24 bits per heavy atom. The van der Waals surface area contributed by atoms with Gasteiger partial charge in [-0.1, -0.05) is 23.8 Å². The zero-order valence-corrected chi connectivity index (χ0v) is 13.5. The highest BCUT2D eigenvalue weighted by molar-refractivity contribution is 7.91. The van der Waals surface area contributed by atoms with E-state index < -0.39 is 10.0 Å². The summed E-state index contributed by atoms with van der Waals surface area (Å²) in [7, 11) is -3.31. The Morgan fingerprint density at radius 2 is 1.67 bits per heavy atom. The lowest BCUT2D eigenvalue weighted by Crippen LogP contribution is -2.48. The van der Waals surface area contributed by atoms with Crippen molar-refractivity contribution in [2.75, 3.05) is 31.1 Å². The number of anilines is 1. The van der Waals surface area contributed by atoms with E-state index in [0.29, 0.717) is 17.3 Å². The van der Waals surface area contributed by atoms with Crippen molar-refractivity contribution in [3.8, 4) is 0 Å². The van der Waals surface area contributed by atoms with E-state index in [1.54, 1.807) is 21.8 Å². The largest absolute Gasteiger partial charge is 0.369 e. The van der Waals surface area contributed by atoms with E-state index in [0.717, 1.165) is 18.8 Å². The molecular formula is C15H18N2O2S2. The fourth-order valence-corrected chi connectivity index (χ4v) is 5.05. The van der Waals surface area contributed by atoms with Crippen LogP contribution in [0.25, 0.3) is 0 Å². The first kappa shape index (κ1) is 14.6. The van der Waals surface area contributed by atoms with Gasteiger partial charge in [-0.2, -0.15) is 4.31 Å². The van der Waals surface area contributed by atoms with Gasteiger partial charge in [0.15, 0.2) is 0 Å². The van der Waals surface area contributed by atoms with E-state index >= 15 is 0 Å². The van der Waals surface area contributed by atoms with Crippen LogP contribution >= 0.6 is 11.3 Å². The molecule has 1 aromatic heterocycles. The molecule has 1 aromatic carbocycles. The maximum Gasteiger partial charge on any atom is 0.252 e. The van der Waals surface area contributed by atoms with Gasteiger partial charge in [0.05, 0.1) is 0 Å². The van der Waals surface area contributed by atoms with Crippen LogP contribution in [0.5, 0.6) is 0 Å². The summed E-state index contributed by atoms with van der Waals surface area (Å²) in [4.78, 5) is 2.24. The maximum atomic E-state index is 12.5. The highest BCUT2D eigenvalue weighted by Gasteiger charge is 2.29. The Bertz CT molecular complexity index is 686. The third-order valence-electron chi connectivity index (χ3n) is 3.73. The monoisotopic (exact) mass is 322 g/mol. The molecule has 0 saturated carbocycles. The van der Waals surface area contributed by atoms with Gasteiger partial charge in [-0.05, 0) is 30.5 Å². The summed E-state index contributed by atoms with van der Waals surface area (Å²) in [5, 5.41) is 1.80. The predicted molar refractivity (Wildman–Crippen MR) is 86.5 cm³/mol. The average Bonchev–Trinajstić information content (AvgIpc) is 3.03. The summed E-state index contributed by atoms with van der Waals surface area (Å²) < 4.78 is 26.9. The Hall–Kier alpha value is -1.37. The summed E-state index contributed by atoms with van der Waals surface area (Å²) in [6, 6.07) is 11.8. The van der Waals surface area contributed by atoms with Gasteiger partial charge in [0, 0.05) is 31.9 Å². The van der Waals surface area contributed by atoms with Crippen molar-refractivity contribution >= 4 is 27.0 Å². The number of rotatable bonds is 3. The van der Waals surface area contributed by atoms with Crippen molar-refractivity contribution in [2.24, 2.45) is 0 Å². The number of sulfonamides is 1. The number of hydrogen-bond donors (Lipinski definition) is 0. The summed E-state index contributed by atoms with van der Waals surface area (Å²) in [6.45, 7) is 4.60. The normalized spacial score (nSPS) is 17.1. The molecule has 1 aliphatic heterocycles. The van der Waals surface area contributed by atoms with Crippen molar-refractivity contribution in [3.63, 3.8) is 0 Å². The second-order valence-corrected chi connectivity index (χ2v) is 8.27. The van der Waals surface area contributed by atoms with Crippen molar-refractivity contribution < 1.29 is 8.42 Å². The lowest BCUT2D eigenvalue weighted by molar-refractivity contribution is 0.386. The number of aryl methyl sites for hydroxylation is 1. The van der Waals surface area contributed by atoms with E-state index in [4.69, 9.17) is 0 Å². The molecule has 0 atom stereocenters. The van der Waals surface area contributed by atoms with E-state index in [9.17, 15) is 8.42 Å². The number of nitrogens with zero attached hydrogens (tertiary/aromatic N) is 2. The smallest absolute Gasteiger partial charge is 0.252 e. The SMILES string of the molecule is Cc1ccc(N2CCN(S(=O)(=O)c3cccs3)CC2)cc1. The van der Waals surface area contributed by atoms with E-state index in [-0.39, 0.29) is 0 Å². The lowest BCUT2D eigenvalue weighted by Gasteiger charge is -2.35. The van der Waals surface area contributed by atoms with Crippen LogP contribution in [-0.4, -0.2) is 38.9 Å². The molecule has 1 saturated heterocycles. The third kappa shape index (κ3) is 2.97. The Kier molecular flexibility index (Phi) is 4.01. The first-order valence-electron chi connectivity index (χ1n) is 6.93. The van der Waals surface area contributed by atoms with E-state index in [1.165, 1.54) is 16.9 Å². The molecule has 3 rings (SSSR count). The number of piperazine rings is 1. The fraction of sp³-hybridized carbons (Fsp3) is 0.333. The summed E-state index contributed by atoms with van der Waals surface area (Å²) in [6.07, 6.45) is 0. The molecule has 2 heterocycles. The molecule has 4 nitrogen and oxygen atoms in total. The van der Waals surface area contributed by atoms with Gasteiger partial charge in [-0.3, -0.25) is 0 Å². The Labute approximate surface area is 129 Å². The topological polar surface area (TPSA) is 40.6 Å². The van der Waals surface area contributed by atoms with Crippen LogP contribution < -0.4 is 4.90 Å². The van der Waals surface area contributed by atoms with Gasteiger partial charge >= 0.3 is 0 Å². The van der Waals surface area contributed by atoms with Gasteiger partial charge in [0.1, 0.15) is 4.21 Å². The number of hydrogen-bond acceptors (Lipinski definition) is 4. The first-order chi connectivity index (χ1) is 10.1. The Morgan fingerprint density at radius 1 is 1.00 bits per heavy atom. The van der Waals surface area contributed by atoms with Gasteiger partial charge < -0.3 is 4.90 Å². The van der Waals surface area contributed by atoms with Gasteiger partial charge in [0.25, 0.3) is 10.0 Å². The second-order valence-electron chi connectivity index (χ2n) is 5.16. The minimum atomic E-state index is -3.31. The van der Waals surface area contributed by atoms with Crippen LogP contribution in [0.2, 0.25) is 0 Å². The molecule has 21 heavy (non-hydrogen) atoms. The molecule has 1 fully saturated rings. The molecule has 0 N–H and O–H groups in total. The van der Waals surface area contributed by atoms with Gasteiger partial charge in [-0.15, -0.1) is 11.3 Å². The van der Waals surface area contributed by atoms with Crippen LogP contribution in [0.3, 0.4) is 0 Å². The van der Waals surface area contributed by atoms with Crippen molar-refractivity contribution in [2.45, 2.75) is 11.1 Å². The van der Waals surface area contributed by atoms with E-state index in [2.05, 4.69) is 36.1 Å². The van der Waals surface area contributed by atoms with Crippen molar-refractivity contribution in [3.05, 3.63) is 47.3 Å². The molecule has 0 spiro atoms. The van der Waals surface area contributed by atoms with Gasteiger partial charge in [-0.25, -0.2) is 8.42 Å². The Balaban J connectivity index is 1.69. The number of benzene rings is 1. The summed E-state index contributed by atoms with van der Waals surface area (Å²) in [5.41, 5.74) is 2.39. The molecule has 0 unspecified atom stereocenters. The van der Waals surface area contributed by atoms with Crippen molar-refractivity contribution in [1.29, 1.82) is 0 Å². The molecule has 0 aliphatic carbocycles. The molecule has 6 heteroatoms. The maximum absolute atomic E-state index is 12.5. The first-order valence-corrected chi connectivity index (χ1v) is 9.24. The molecule has 0 radical (unpaired) electrons. The fourth-order valence-electron chi connectivity index (χ4n) is 2.48. The predicted octanol–water partition coefficient (Wildman–Crippen LogP) is 2.57. The summed E-state index contributed by atoms with van der Waals surface area (Å²) >= 11 is 1.28. The minimum Gasteiger partial charge on any atom is -0.369 e. The highest BCUT2D eigenvalue weighted by atomic mass is 32.2. The molecule has 2 aromatic rings. The third-order valence-corrected chi connectivity index (χ3v) is 7.00. The molecular weight excluding hydrogens is 304 g/mol. The van der Waals surface area contributed by atoms with Crippen LogP contribution in [0, 0.1) is 6.92 Å². The van der Waals surface area contributed by atoms with Crippen LogP contribution in [0.1, 0.15) is 5.56 Å².